The van der Waals surface area contributed by atoms with E-state index in [0.717, 1.165) is 18.2 Å². The van der Waals surface area contributed by atoms with Crippen molar-refractivity contribution in [2.24, 2.45) is 0 Å². The average Bonchev–Trinajstić information content (AvgIpc) is 2.58. The summed E-state index contributed by atoms with van der Waals surface area (Å²) in [4.78, 5) is 25.9. The number of hydrogen-bond donors (Lipinski definition) is 1. The van der Waals surface area contributed by atoms with E-state index in [9.17, 15) is 22.4 Å². The third-order valence-electron chi connectivity index (χ3n) is 4.03. The summed E-state index contributed by atoms with van der Waals surface area (Å²) >= 11 is 0. The predicted octanol–water partition coefficient (Wildman–Crippen LogP) is 2.23. The molecule has 7 nitrogen and oxygen atoms in total. The Morgan fingerprint density at radius 2 is 1.64 bits per heavy atom. The largest absolute Gasteiger partial charge is 0.350 e. The minimum absolute atomic E-state index is 0.156. The topological polar surface area (TPSA) is 86.8 Å². The van der Waals surface area contributed by atoms with Gasteiger partial charge in [-0.1, -0.05) is 13.8 Å². The summed E-state index contributed by atoms with van der Waals surface area (Å²) in [6.45, 7) is 10.9. The van der Waals surface area contributed by atoms with Crippen molar-refractivity contribution in [2.75, 3.05) is 26.2 Å². The maximum Gasteiger partial charge on any atom is 0.257 e. The number of rotatable bonds is 8. The Morgan fingerprint density at radius 1 is 1.07 bits per heavy atom. The van der Waals surface area contributed by atoms with E-state index < -0.39 is 27.3 Å². The molecule has 0 spiro atoms. The smallest absolute Gasteiger partial charge is 0.257 e. The van der Waals surface area contributed by atoms with Gasteiger partial charge < -0.3 is 10.2 Å². The zero-order valence-corrected chi connectivity index (χ0v) is 18.2. The highest BCUT2D eigenvalue weighted by atomic mass is 32.2. The van der Waals surface area contributed by atoms with Crippen LogP contribution < -0.4 is 5.32 Å². The molecule has 0 aliphatic carbocycles. The summed E-state index contributed by atoms with van der Waals surface area (Å²) in [6.07, 6.45) is 0. The molecule has 1 N–H and O–H groups in total. The molecule has 0 saturated heterocycles. The van der Waals surface area contributed by atoms with Gasteiger partial charge in [0.2, 0.25) is 15.9 Å². The Kier molecular flexibility index (Phi) is 8.13. The fourth-order valence-electron chi connectivity index (χ4n) is 2.67. The van der Waals surface area contributed by atoms with Gasteiger partial charge in [0, 0.05) is 25.2 Å². The van der Waals surface area contributed by atoms with E-state index in [-0.39, 0.29) is 42.5 Å². The zero-order chi connectivity index (χ0) is 21.7. The molecule has 158 valence electrons. The lowest BCUT2D eigenvalue weighted by Crippen LogP contribution is -2.47. The van der Waals surface area contributed by atoms with Crippen molar-refractivity contribution in [3.05, 3.63) is 29.6 Å². The monoisotopic (exact) mass is 415 g/mol. The van der Waals surface area contributed by atoms with Gasteiger partial charge in [0.15, 0.2) is 0 Å². The Hall–Kier alpha value is -2.00. The maximum atomic E-state index is 14.3. The summed E-state index contributed by atoms with van der Waals surface area (Å²) in [5, 5.41) is 2.74. The molecular weight excluding hydrogens is 385 g/mol. The van der Waals surface area contributed by atoms with Gasteiger partial charge in [-0.25, -0.2) is 12.8 Å². The van der Waals surface area contributed by atoms with Gasteiger partial charge in [0.05, 0.1) is 17.0 Å². The van der Waals surface area contributed by atoms with Crippen molar-refractivity contribution in [3.8, 4) is 0 Å². The van der Waals surface area contributed by atoms with Crippen molar-refractivity contribution < 1.29 is 22.4 Å². The maximum absolute atomic E-state index is 14.3. The number of nitrogens with one attached hydrogen (secondary N) is 1. The van der Waals surface area contributed by atoms with Gasteiger partial charge in [0.25, 0.3) is 5.91 Å². The average molecular weight is 416 g/mol. The van der Waals surface area contributed by atoms with E-state index in [1.165, 1.54) is 9.21 Å². The molecule has 0 heterocycles. The molecular formula is C19H30FN3O4S. The van der Waals surface area contributed by atoms with E-state index >= 15 is 0 Å². The molecule has 1 aromatic carbocycles. The second-order valence-electron chi connectivity index (χ2n) is 7.35. The number of amides is 2. The summed E-state index contributed by atoms with van der Waals surface area (Å²) in [5.41, 5.74) is -0.846. The van der Waals surface area contributed by atoms with Crippen molar-refractivity contribution in [3.63, 3.8) is 0 Å². The van der Waals surface area contributed by atoms with Crippen molar-refractivity contribution in [2.45, 2.75) is 52.0 Å². The van der Waals surface area contributed by atoms with Crippen LogP contribution in [0.5, 0.6) is 0 Å². The standard InChI is InChI=1S/C19H30FN3O4S/c1-7-22(13-17(24)21-19(4,5)6)18(25)15-12-14(10-11-16(15)20)28(26,27)23(8-2)9-3/h10-12H,7-9,13H2,1-6H3,(H,21,24). The second kappa shape index (κ2) is 9.47. The van der Waals surface area contributed by atoms with Crippen molar-refractivity contribution >= 4 is 21.8 Å². The third-order valence-corrected chi connectivity index (χ3v) is 6.08. The normalized spacial score (nSPS) is 12.1. The number of halogens is 1. The molecule has 2 amide bonds. The van der Waals surface area contributed by atoms with Gasteiger partial charge in [-0.2, -0.15) is 4.31 Å². The number of likely N-dealkylation sites (N-methyl/N-ethyl adjacent to an activating group) is 1. The van der Waals surface area contributed by atoms with E-state index in [0.29, 0.717) is 0 Å². The first kappa shape index (κ1) is 24.0. The van der Waals surface area contributed by atoms with Crippen molar-refractivity contribution in [1.29, 1.82) is 0 Å². The fraction of sp³-hybridized carbons (Fsp3) is 0.579. The van der Waals surface area contributed by atoms with Crippen LogP contribution in [0.2, 0.25) is 0 Å². The van der Waals surface area contributed by atoms with Gasteiger partial charge >= 0.3 is 0 Å². The molecule has 0 aliphatic rings. The minimum Gasteiger partial charge on any atom is -0.350 e. The van der Waals surface area contributed by atoms with Crippen LogP contribution in [-0.2, 0) is 14.8 Å². The van der Waals surface area contributed by atoms with Crippen LogP contribution in [0.1, 0.15) is 51.9 Å². The third kappa shape index (κ3) is 6.00. The van der Waals surface area contributed by atoms with Gasteiger partial charge in [-0.05, 0) is 45.9 Å². The number of carbonyl (C=O) groups is 2. The van der Waals surface area contributed by atoms with Gasteiger partial charge in [-0.3, -0.25) is 9.59 Å². The van der Waals surface area contributed by atoms with Crippen LogP contribution in [0, 0.1) is 5.82 Å². The number of benzene rings is 1. The van der Waals surface area contributed by atoms with Crippen LogP contribution in [0.4, 0.5) is 4.39 Å². The van der Waals surface area contributed by atoms with Crippen LogP contribution in [-0.4, -0.2) is 61.2 Å². The Morgan fingerprint density at radius 3 is 2.11 bits per heavy atom. The molecule has 0 atom stereocenters. The van der Waals surface area contributed by atoms with Crippen LogP contribution in [0.3, 0.4) is 0 Å². The summed E-state index contributed by atoms with van der Waals surface area (Å²) in [7, 11) is -3.84. The van der Waals surface area contributed by atoms with Gasteiger partial charge in [0.1, 0.15) is 5.82 Å². The highest BCUT2D eigenvalue weighted by Gasteiger charge is 2.27. The first-order valence-corrected chi connectivity index (χ1v) is 10.7. The van der Waals surface area contributed by atoms with E-state index in [1.807, 2.05) is 20.8 Å². The SMILES string of the molecule is CCN(CC(=O)NC(C)(C)C)C(=O)c1cc(S(=O)(=O)N(CC)CC)ccc1F. The molecule has 0 bridgehead atoms. The molecule has 28 heavy (non-hydrogen) atoms. The van der Waals surface area contributed by atoms with E-state index in [4.69, 9.17) is 0 Å². The molecule has 1 aromatic rings. The molecule has 0 radical (unpaired) electrons. The lowest BCUT2D eigenvalue weighted by atomic mass is 10.1. The molecule has 0 saturated carbocycles. The lowest BCUT2D eigenvalue weighted by molar-refractivity contribution is -0.123. The number of sulfonamides is 1. The van der Waals surface area contributed by atoms with Crippen LogP contribution >= 0.6 is 0 Å². The molecule has 9 heteroatoms. The first-order valence-electron chi connectivity index (χ1n) is 9.27. The fourth-order valence-corrected chi connectivity index (χ4v) is 4.15. The molecule has 0 aromatic heterocycles. The molecule has 1 rings (SSSR count). The quantitative estimate of drug-likeness (QED) is 0.705. The highest BCUT2D eigenvalue weighted by molar-refractivity contribution is 7.89. The Bertz CT molecular complexity index is 815. The van der Waals surface area contributed by atoms with Gasteiger partial charge in [-0.15, -0.1) is 0 Å². The lowest BCUT2D eigenvalue weighted by Gasteiger charge is -2.25. The Balaban J connectivity index is 3.21. The van der Waals surface area contributed by atoms with E-state index in [1.54, 1.807) is 20.8 Å². The summed E-state index contributed by atoms with van der Waals surface area (Å²) in [5.74, 6) is -1.95. The first-order chi connectivity index (χ1) is 12.9. The van der Waals surface area contributed by atoms with E-state index in [2.05, 4.69) is 5.32 Å². The molecule has 0 fully saturated rings. The van der Waals surface area contributed by atoms with Crippen LogP contribution in [0.25, 0.3) is 0 Å². The predicted molar refractivity (Wildman–Crippen MR) is 106 cm³/mol. The molecule has 0 aliphatic heterocycles. The summed E-state index contributed by atoms with van der Waals surface area (Å²) < 4.78 is 40.9. The number of nitrogens with zero attached hydrogens (tertiary/aromatic N) is 2. The second-order valence-corrected chi connectivity index (χ2v) is 9.29. The summed E-state index contributed by atoms with van der Waals surface area (Å²) in [6, 6.07) is 3.14. The molecule has 0 unspecified atom stereocenters. The van der Waals surface area contributed by atoms with Crippen molar-refractivity contribution in [1.82, 2.24) is 14.5 Å². The minimum atomic E-state index is -3.84. The van der Waals surface area contributed by atoms with Crippen LogP contribution in [0.15, 0.2) is 23.1 Å². The zero-order valence-electron chi connectivity index (χ0n) is 17.4. The number of carbonyl (C=O) groups excluding carboxylic acids is 2. The Labute approximate surface area is 166 Å². The highest BCUT2D eigenvalue weighted by Crippen LogP contribution is 2.20. The number of hydrogen-bond acceptors (Lipinski definition) is 4.